The predicted molar refractivity (Wildman–Crippen MR) is 58.6 cm³/mol. The summed E-state index contributed by atoms with van der Waals surface area (Å²) in [5.41, 5.74) is 7.49. The zero-order valence-corrected chi connectivity index (χ0v) is 9.19. The zero-order chi connectivity index (χ0) is 10.1. The molecule has 2 rings (SSSR count). The van der Waals surface area contributed by atoms with Crippen molar-refractivity contribution >= 4 is 21.6 Å². The van der Waals surface area contributed by atoms with Crippen LogP contribution in [0.25, 0.3) is 11.4 Å². The number of nitrogens with two attached hydrogens (primary N) is 1. The van der Waals surface area contributed by atoms with Crippen molar-refractivity contribution in [3.63, 3.8) is 0 Å². The Bertz CT molecular complexity index is 464. The van der Waals surface area contributed by atoms with Gasteiger partial charge in [0.1, 0.15) is 6.33 Å². The van der Waals surface area contributed by atoms with E-state index in [0.29, 0.717) is 5.69 Å². The Morgan fingerprint density at radius 2 is 2.21 bits per heavy atom. The molecule has 0 amide bonds. The van der Waals surface area contributed by atoms with E-state index < -0.39 is 0 Å². The van der Waals surface area contributed by atoms with Crippen LogP contribution in [0.5, 0.6) is 0 Å². The van der Waals surface area contributed by atoms with Crippen LogP contribution in [0.15, 0.2) is 29.0 Å². The van der Waals surface area contributed by atoms with Gasteiger partial charge in [0.25, 0.3) is 0 Å². The van der Waals surface area contributed by atoms with Crippen LogP contribution in [-0.4, -0.2) is 14.8 Å². The molecule has 0 aliphatic heterocycles. The third-order valence-corrected chi connectivity index (χ3v) is 2.70. The van der Waals surface area contributed by atoms with Gasteiger partial charge in [0.2, 0.25) is 0 Å². The summed E-state index contributed by atoms with van der Waals surface area (Å²) in [5, 5.41) is 7.81. The highest BCUT2D eigenvalue weighted by molar-refractivity contribution is 9.10. The smallest absolute Gasteiger partial charge is 0.165 e. The van der Waals surface area contributed by atoms with E-state index >= 15 is 0 Å². The van der Waals surface area contributed by atoms with E-state index in [1.165, 1.54) is 0 Å². The lowest BCUT2D eigenvalue weighted by Gasteiger charge is -2.05. The molecule has 4 nitrogen and oxygen atoms in total. The first-order chi connectivity index (χ1) is 6.70. The fourth-order valence-electron chi connectivity index (χ4n) is 1.26. The van der Waals surface area contributed by atoms with E-state index in [2.05, 4.69) is 26.1 Å². The van der Waals surface area contributed by atoms with Gasteiger partial charge in [0, 0.05) is 17.1 Å². The Morgan fingerprint density at radius 3 is 2.86 bits per heavy atom. The quantitative estimate of drug-likeness (QED) is 0.789. The number of hydrogen-bond donors (Lipinski definition) is 1. The van der Waals surface area contributed by atoms with Gasteiger partial charge in [-0.05, 0) is 28.1 Å². The molecule has 0 saturated heterocycles. The Morgan fingerprint density at radius 1 is 1.43 bits per heavy atom. The molecule has 14 heavy (non-hydrogen) atoms. The SMILES string of the molecule is Cn1cnnc1-c1cccc(Br)c1N. The average molecular weight is 253 g/mol. The van der Waals surface area contributed by atoms with Crippen molar-refractivity contribution in [3.8, 4) is 11.4 Å². The molecular formula is C9H9BrN4. The fraction of sp³-hybridized carbons (Fsp3) is 0.111. The molecule has 0 radical (unpaired) electrons. The molecule has 2 N–H and O–H groups in total. The Kier molecular flexibility index (Phi) is 2.25. The molecule has 0 bridgehead atoms. The van der Waals surface area contributed by atoms with Crippen molar-refractivity contribution in [1.29, 1.82) is 0 Å². The lowest BCUT2D eigenvalue weighted by atomic mass is 10.2. The standard InChI is InChI=1S/C9H9BrN4/c1-14-5-12-13-9(14)6-3-2-4-7(10)8(6)11/h2-5H,11H2,1H3. The molecule has 72 valence electrons. The van der Waals surface area contributed by atoms with Gasteiger partial charge < -0.3 is 10.3 Å². The summed E-state index contributed by atoms with van der Waals surface area (Å²) in [6.07, 6.45) is 1.65. The monoisotopic (exact) mass is 252 g/mol. The molecule has 2 aromatic rings. The minimum Gasteiger partial charge on any atom is -0.397 e. The van der Waals surface area contributed by atoms with Gasteiger partial charge in [-0.2, -0.15) is 0 Å². The summed E-state index contributed by atoms with van der Waals surface area (Å²) in [6.45, 7) is 0. The number of hydrogen-bond acceptors (Lipinski definition) is 3. The number of nitrogen functional groups attached to an aromatic ring is 1. The molecule has 0 saturated carbocycles. The largest absolute Gasteiger partial charge is 0.397 e. The molecule has 0 aliphatic rings. The molecule has 0 fully saturated rings. The number of para-hydroxylation sites is 1. The highest BCUT2D eigenvalue weighted by Crippen LogP contribution is 2.29. The van der Waals surface area contributed by atoms with Crippen LogP contribution in [0.4, 0.5) is 5.69 Å². The van der Waals surface area contributed by atoms with E-state index in [1.54, 1.807) is 6.33 Å². The van der Waals surface area contributed by atoms with E-state index in [-0.39, 0.29) is 0 Å². The molecule has 0 unspecified atom stereocenters. The lowest BCUT2D eigenvalue weighted by molar-refractivity contribution is 0.920. The average Bonchev–Trinajstić information content (AvgIpc) is 2.57. The first-order valence-corrected chi connectivity index (χ1v) is 4.88. The molecule has 1 aromatic heterocycles. The lowest BCUT2D eigenvalue weighted by Crippen LogP contribution is -1.96. The second-order valence-corrected chi connectivity index (χ2v) is 3.82. The van der Waals surface area contributed by atoms with Crippen LogP contribution >= 0.6 is 15.9 Å². The van der Waals surface area contributed by atoms with E-state index in [0.717, 1.165) is 15.9 Å². The predicted octanol–water partition coefficient (Wildman–Crippen LogP) is 1.83. The Labute approximate surface area is 89.9 Å². The Hall–Kier alpha value is -1.36. The van der Waals surface area contributed by atoms with Gasteiger partial charge >= 0.3 is 0 Å². The molecule has 5 heteroatoms. The molecule has 0 aliphatic carbocycles. The summed E-state index contributed by atoms with van der Waals surface area (Å²) in [5.74, 6) is 0.767. The molecular weight excluding hydrogens is 244 g/mol. The van der Waals surface area contributed by atoms with Crippen LogP contribution in [-0.2, 0) is 7.05 Å². The molecule has 1 heterocycles. The van der Waals surface area contributed by atoms with E-state index in [9.17, 15) is 0 Å². The number of aryl methyl sites for hydroxylation is 1. The number of nitrogens with zero attached hydrogens (tertiary/aromatic N) is 3. The summed E-state index contributed by atoms with van der Waals surface area (Å²) in [4.78, 5) is 0. The van der Waals surface area contributed by atoms with Gasteiger partial charge in [-0.3, -0.25) is 0 Å². The molecule has 0 spiro atoms. The maximum absolute atomic E-state index is 5.91. The van der Waals surface area contributed by atoms with Crippen molar-refractivity contribution in [2.75, 3.05) is 5.73 Å². The zero-order valence-electron chi connectivity index (χ0n) is 7.61. The number of anilines is 1. The van der Waals surface area contributed by atoms with Crippen molar-refractivity contribution in [2.45, 2.75) is 0 Å². The second-order valence-electron chi connectivity index (χ2n) is 2.97. The van der Waals surface area contributed by atoms with Gasteiger partial charge in [-0.25, -0.2) is 0 Å². The van der Waals surface area contributed by atoms with Gasteiger partial charge in [-0.15, -0.1) is 10.2 Å². The van der Waals surface area contributed by atoms with Gasteiger partial charge in [-0.1, -0.05) is 6.07 Å². The number of aromatic nitrogens is 3. The first-order valence-electron chi connectivity index (χ1n) is 4.08. The van der Waals surface area contributed by atoms with Crippen molar-refractivity contribution in [1.82, 2.24) is 14.8 Å². The molecule has 0 atom stereocenters. The highest BCUT2D eigenvalue weighted by Gasteiger charge is 2.09. The first kappa shape index (κ1) is 9.21. The van der Waals surface area contributed by atoms with Crippen LogP contribution < -0.4 is 5.73 Å². The van der Waals surface area contributed by atoms with Crippen LogP contribution in [0.2, 0.25) is 0 Å². The third kappa shape index (κ3) is 1.39. The van der Waals surface area contributed by atoms with Crippen molar-refractivity contribution < 1.29 is 0 Å². The number of benzene rings is 1. The minimum absolute atomic E-state index is 0.684. The Balaban J connectivity index is 2.63. The fourth-order valence-corrected chi connectivity index (χ4v) is 1.63. The van der Waals surface area contributed by atoms with Crippen molar-refractivity contribution in [2.24, 2.45) is 7.05 Å². The summed E-state index contributed by atoms with van der Waals surface area (Å²) >= 11 is 3.37. The maximum Gasteiger partial charge on any atom is 0.165 e. The third-order valence-electron chi connectivity index (χ3n) is 2.01. The molecule has 1 aromatic carbocycles. The number of halogens is 1. The van der Waals surface area contributed by atoms with Crippen molar-refractivity contribution in [3.05, 3.63) is 29.0 Å². The normalized spacial score (nSPS) is 10.4. The topological polar surface area (TPSA) is 56.7 Å². The maximum atomic E-state index is 5.91. The summed E-state index contributed by atoms with van der Waals surface area (Å²) in [6, 6.07) is 5.74. The van der Waals surface area contributed by atoms with E-state index in [1.807, 2.05) is 29.8 Å². The number of rotatable bonds is 1. The van der Waals surface area contributed by atoms with Gasteiger partial charge in [0.15, 0.2) is 5.82 Å². The minimum atomic E-state index is 0.684. The van der Waals surface area contributed by atoms with Gasteiger partial charge in [0.05, 0.1) is 5.69 Å². The van der Waals surface area contributed by atoms with E-state index in [4.69, 9.17) is 5.73 Å². The summed E-state index contributed by atoms with van der Waals surface area (Å²) < 4.78 is 2.70. The van der Waals surface area contributed by atoms with Crippen LogP contribution in [0.3, 0.4) is 0 Å². The summed E-state index contributed by atoms with van der Waals surface area (Å²) in [7, 11) is 1.88. The van der Waals surface area contributed by atoms with Crippen LogP contribution in [0.1, 0.15) is 0 Å². The highest BCUT2D eigenvalue weighted by atomic mass is 79.9. The second kappa shape index (κ2) is 3.42. The van der Waals surface area contributed by atoms with Crippen LogP contribution in [0, 0.1) is 0 Å².